The standard InChI is InChI=1S/C19H27N3O3S/c1-12-10-15(14(3)26-12)13(2)20-16(23)11-22-17(24)19(21(4)18(22)25)8-6-5-7-9-19/h10,13H,5-9,11H2,1-4H3,(H,20,23). The van der Waals surface area contributed by atoms with Crippen LogP contribution in [-0.2, 0) is 9.59 Å². The van der Waals surface area contributed by atoms with E-state index in [-0.39, 0.29) is 30.4 Å². The van der Waals surface area contributed by atoms with Crippen LogP contribution in [-0.4, -0.2) is 46.8 Å². The average molecular weight is 378 g/mol. The van der Waals surface area contributed by atoms with Gasteiger partial charge in [-0.25, -0.2) is 4.79 Å². The number of nitrogens with zero attached hydrogens (tertiary/aromatic N) is 2. The number of hydrogen-bond donors (Lipinski definition) is 1. The highest BCUT2D eigenvalue weighted by atomic mass is 32.1. The number of nitrogens with one attached hydrogen (secondary N) is 1. The predicted octanol–water partition coefficient (Wildman–Crippen LogP) is 3.14. The maximum Gasteiger partial charge on any atom is 0.327 e. The third-order valence-electron chi connectivity index (χ3n) is 5.71. The van der Waals surface area contributed by atoms with Crippen molar-refractivity contribution in [3.05, 3.63) is 21.4 Å². The number of urea groups is 1. The third kappa shape index (κ3) is 3.13. The maximum atomic E-state index is 12.9. The minimum atomic E-state index is -0.734. The van der Waals surface area contributed by atoms with Gasteiger partial charge in [0, 0.05) is 16.8 Å². The van der Waals surface area contributed by atoms with Crippen LogP contribution < -0.4 is 5.32 Å². The van der Waals surface area contributed by atoms with Crippen LogP contribution in [0.5, 0.6) is 0 Å². The summed E-state index contributed by atoms with van der Waals surface area (Å²) < 4.78 is 0. The molecule has 0 bridgehead atoms. The molecule has 26 heavy (non-hydrogen) atoms. The molecule has 1 saturated heterocycles. The Morgan fingerprint density at radius 2 is 1.92 bits per heavy atom. The summed E-state index contributed by atoms with van der Waals surface area (Å²) in [4.78, 5) is 43.1. The first-order valence-electron chi connectivity index (χ1n) is 9.22. The van der Waals surface area contributed by atoms with Gasteiger partial charge in [-0.05, 0) is 45.2 Å². The molecule has 1 spiro atoms. The van der Waals surface area contributed by atoms with Crippen LogP contribution >= 0.6 is 11.3 Å². The predicted molar refractivity (Wildman–Crippen MR) is 101 cm³/mol. The quantitative estimate of drug-likeness (QED) is 0.820. The molecule has 142 valence electrons. The lowest BCUT2D eigenvalue weighted by atomic mass is 9.81. The van der Waals surface area contributed by atoms with Gasteiger partial charge < -0.3 is 10.2 Å². The van der Waals surface area contributed by atoms with Crippen molar-refractivity contribution in [2.24, 2.45) is 0 Å². The van der Waals surface area contributed by atoms with E-state index in [9.17, 15) is 14.4 Å². The lowest BCUT2D eigenvalue weighted by Crippen LogP contribution is -2.49. The minimum Gasteiger partial charge on any atom is -0.348 e. The molecular weight excluding hydrogens is 350 g/mol. The molecular formula is C19H27N3O3S. The number of likely N-dealkylation sites (N-methyl/N-ethyl adjacent to an activating group) is 1. The lowest BCUT2D eigenvalue weighted by molar-refractivity contribution is -0.137. The van der Waals surface area contributed by atoms with Crippen LogP contribution in [0.1, 0.15) is 60.4 Å². The molecule has 1 aromatic heterocycles. The van der Waals surface area contributed by atoms with Crippen molar-refractivity contribution < 1.29 is 14.4 Å². The third-order valence-corrected chi connectivity index (χ3v) is 6.69. The molecule has 0 aromatic carbocycles. The zero-order valence-electron chi connectivity index (χ0n) is 15.9. The van der Waals surface area contributed by atoms with E-state index in [0.717, 1.165) is 29.7 Å². The molecule has 1 aromatic rings. The molecule has 2 fully saturated rings. The Labute approximate surface area is 158 Å². The summed E-state index contributed by atoms with van der Waals surface area (Å²) in [5, 5.41) is 2.93. The molecule has 0 radical (unpaired) electrons. The van der Waals surface area contributed by atoms with Crippen LogP contribution in [0.15, 0.2) is 6.07 Å². The van der Waals surface area contributed by atoms with Crippen LogP contribution in [0.3, 0.4) is 0 Å². The fourth-order valence-electron chi connectivity index (χ4n) is 4.26. The monoisotopic (exact) mass is 377 g/mol. The Hall–Kier alpha value is -1.89. The van der Waals surface area contributed by atoms with Crippen molar-refractivity contribution in [1.29, 1.82) is 0 Å². The number of rotatable bonds is 4. The van der Waals surface area contributed by atoms with E-state index in [1.807, 2.05) is 20.8 Å². The number of carbonyl (C=O) groups excluding carboxylic acids is 3. The number of amides is 4. The summed E-state index contributed by atoms with van der Waals surface area (Å²) in [5.41, 5.74) is 0.350. The Kier molecular flexibility index (Phi) is 5.10. The van der Waals surface area contributed by atoms with E-state index in [1.54, 1.807) is 23.3 Å². The second-order valence-corrected chi connectivity index (χ2v) is 8.94. The highest BCUT2D eigenvalue weighted by Gasteiger charge is 2.55. The van der Waals surface area contributed by atoms with Crippen molar-refractivity contribution in [2.45, 2.75) is 64.5 Å². The normalized spacial score (nSPS) is 20.8. The highest BCUT2D eigenvalue weighted by molar-refractivity contribution is 7.12. The summed E-state index contributed by atoms with van der Waals surface area (Å²) >= 11 is 1.70. The van der Waals surface area contributed by atoms with E-state index in [1.165, 1.54) is 9.75 Å². The van der Waals surface area contributed by atoms with Crippen LogP contribution in [0.4, 0.5) is 4.79 Å². The van der Waals surface area contributed by atoms with Crippen molar-refractivity contribution in [3.8, 4) is 0 Å². The highest BCUT2D eigenvalue weighted by Crippen LogP contribution is 2.39. The Balaban J connectivity index is 1.68. The number of imide groups is 1. The Bertz CT molecular complexity index is 736. The van der Waals surface area contributed by atoms with E-state index < -0.39 is 5.54 Å². The van der Waals surface area contributed by atoms with E-state index in [4.69, 9.17) is 0 Å². The van der Waals surface area contributed by atoms with Gasteiger partial charge in [-0.15, -0.1) is 11.3 Å². The molecule has 4 amide bonds. The largest absolute Gasteiger partial charge is 0.348 e. The topological polar surface area (TPSA) is 69.7 Å². The lowest BCUT2D eigenvalue weighted by Gasteiger charge is -2.35. The molecule has 2 aliphatic rings. The maximum absolute atomic E-state index is 12.9. The zero-order valence-corrected chi connectivity index (χ0v) is 16.7. The van der Waals surface area contributed by atoms with Crippen molar-refractivity contribution in [3.63, 3.8) is 0 Å². The van der Waals surface area contributed by atoms with Crippen molar-refractivity contribution >= 4 is 29.2 Å². The molecule has 1 aliphatic heterocycles. The average Bonchev–Trinajstić information content (AvgIpc) is 3.02. The Morgan fingerprint density at radius 3 is 2.50 bits per heavy atom. The van der Waals surface area contributed by atoms with Gasteiger partial charge in [0.2, 0.25) is 5.91 Å². The first-order chi connectivity index (χ1) is 12.3. The zero-order chi connectivity index (χ0) is 19.1. The van der Waals surface area contributed by atoms with Crippen LogP contribution in [0.2, 0.25) is 0 Å². The van der Waals surface area contributed by atoms with Gasteiger partial charge in [0.1, 0.15) is 12.1 Å². The van der Waals surface area contributed by atoms with Crippen molar-refractivity contribution in [2.75, 3.05) is 13.6 Å². The van der Waals surface area contributed by atoms with Gasteiger partial charge in [-0.2, -0.15) is 0 Å². The minimum absolute atomic E-state index is 0.151. The number of thiophene rings is 1. The summed E-state index contributed by atoms with van der Waals surface area (Å²) in [7, 11) is 1.68. The molecule has 1 atom stereocenters. The Morgan fingerprint density at radius 1 is 1.27 bits per heavy atom. The van der Waals surface area contributed by atoms with Gasteiger partial charge in [0.25, 0.3) is 5.91 Å². The molecule has 7 heteroatoms. The molecule has 1 unspecified atom stereocenters. The van der Waals surface area contributed by atoms with Gasteiger partial charge in [0.05, 0.1) is 6.04 Å². The smallest absolute Gasteiger partial charge is 0.327 e. The molecule has 3 rings (SSSR count). The molecule has 6 nitrogen and oxygen atoms in total. The molecule has 2 heterocycles. The van der Waals surface area contributed by atoms with Gasteiger partial charge in [0.15, 0.2) is 0 Å². The van der Waals surface area contributed by atoms with Crippen LogP contribution in [0.25, 0.3) is 0 Å². The first-order valence-corrected chi connectivity index (χ1v) is 10.0. The number of aryl methyl sites for hydroxylation is 2. The number of carbonyl (C=O) groups is 3. The van der Waals surface area contributed by atoms with Crippen molar-refractivity contribution in [1.82, 2.24) is 15.1 Å². The van der Waals surface area contributed by atoms with Gasteiger partial charge in [-0.3, -0.25) is 14.5 Å². The van der Waals surface area contributed by atoms with E-state index >= 15 is 0 Å². The van der Waals surface area contributed by atoms with E-state index in [0.29, 0.717) is 12.8 Å². The second-order valence-electron chi connectivity index (χ2n) is 7.48. The summed E-state index contributed by atoms with van der Waals surface area (Å²) in [6.07, 6.45) is 4.36. The molecule has 1 saturated carbocycles. The molecule has 1 aliphatic carbocycles. The second kappa shape index (κ2) is 7.02. The SMILES string of the molecule is Cc1cc(C(C)NC(=O)CN2C(=O)N(C)C3(CCCCC3)C2=O)c(C)s1. The summed E-state index contributed by atoms with van der Waals surface area (Å²) in [6.45, 7) is 5.78. The summed E-state index contributed by atoms with van der Waals surface area (Å²) in [6, 6.07) is 1.56. The van der Waals surface area contributed by atoms with E-state index in [2.05, 4.69) is 11.4 Å². The molecule has 1 N–H and O–H groups in total. The fourth-order valence-corrected chi connectivity index (χ4v) is 5.28. The van der Waals surface area contributed by atoms with Gasteiger partial charge >= 0.3 is 6.03 Å². The first kappa shape index (κ1) is 18.9. The fraction of sp³-hybridized carbons (Fsp3) is 0.632. The van der Waals surface area contributed by atoms with Gasteiger partial charge in [-0.1, -0.05) is 19.3 Å². The number of hydrogen-bond acceptors (Lipinski definition) is 4. The summed E-state index contributed by atoms with van der Waals surface area (Å²) in [5.74, 6) is -0.515. The van der Waals surface area contributed by atoms with Crippen LogP contribution in [0, 0.1) is 13.8 Å².